The number of anilines is 1. The molecule has 3 N–H and O–H groups in total. The highest BCUT2D eigenvalue weighted by Gasteiger charge is 2.25. The maximum Gasteiger partial charge on any atom is 0.251 e. The second kappa shape index (κ2) is 7.29. The lowest BCUT2D eigenvalue weighted by Gasteiger charge is -2.30. The maximum absolute atomic E-state index is 11.6. The molecule has 0 aromatic heterocycles. The van der Waals surface area contributed by atoms with Crippen molar-refractivity contribution in [1.82, 2.24) is 5.32 Å². The fourth-order valence-corrected chi connectivity index (χ4v) is 2.21. The van der Waals surface area contributed by atoms with Crippen molar-refractivity contribution in [3.63, 3.8) is 0 Å². The molecule has 0 heterocycles. The molecular weight excluding hydrogens is 252 g/mol. The first kappa shape index (κ1) is 16.5. The number of amides is 1. The molecule has 1 rings (SSSR count). The highest BCUT2D eigenvalue weighted by atomic mass is 16.3. The number of aliphatic hydroxyl groups is 1. The van der Waals surface area contributed by atoms with Crippen LogP contribution in [0, 0.1) is 12.3 Å². The van der Waals surface area contributed by atoms with Gasteiger partial charge in [0.15, 0.2) is 0 Å². The van der Waals surface area contributed by atoms with Crippen molar-refractivity contribution < 1.29 is 9.90 Å². The molecule has 0 unspecified atom stereocenters. The molecule has 1 amide bonds. The van der Waals surface area contributed by atoms with Crippen molar-refractivity contribution in [3.05, 3.63) is 29.3 Å². The second-order valence-electron chi connectivity index (χ2n) is 5.33. The minimum atomic E-state index is -0.0775. The van der Waals surface area contributed by atoms with Crippen molar-refractivity contribution in [3.8, 4) is 0 Å². The average Bonchev–Trinajstić information content (AvgIpc) is 2.49. The zero-order valence-electron chi connectivity index (χ0n) is 12.9. The van der Waals surface area contributed by atoms with Gasteiger partial charge in [0, 0.05) is 30.3 Å². The molecule has 112 valence electrons. The molecule has 0 fully saturated rings. The lowest BCUT2D eigenvalue weighted by molar-refractivity contribution is 0.0963. The number of hydrogen-bond acceptors (Lipinski definition) is 3. The van der Waals surface area contributed by atoms with Gasteiger partial charge in [0.1, 0.15) is 0 Å². The minimum Gasteiger partial charge on any atom is -0.396 e. The normalized spacial score (nSPS) is 11.2. The van der Waals surface area contributed by atoms with Crippen LogP contribution < -0.4 is 10.6 Å². The van der Waals surface area contributed by atoms with Gasteiger partial charge in [0.25, 0.3) is 5.91 Å². The number of hydrogen-bond donors (Lipinski definition) is 3. The summed E-state index contributed by atoms with van der Waals surface area (Å²) in [4.78, 5) is 11.6. The summed E-state index contributed by atoms with van der Waals surface area (Å²) in [6.45, 7) is 7.10. The van der Waals surface area contributed by atoms with E-state index in [1.165, 1.54) is 0 Å². The van der Waals surface area contributed by atoms with Gasteiger partial charge in [-0.3, -0.25) is 4.79 Å². The Hall–Kier alpha value is -1.55. The molecule has 1 aromatic carbocycles. The molecule has 0 aliphatic heterocycles. The first-order chi connectivity index (χ1) is 9.51. The van der Waals surface area contributed by atoms with Crippen LogP contribution in [0.3, 0.4) is 0 Å². The number of nitrogens with one attached hydrogen (secondary N) is 2. The first-order valence-electron chi connectivity index (χ1n) is 7.19. The number of carbonyl (C=O) groups is 1. The van der Waals surface area contributed by atoms with E-state index in [1.807, 2.05) is 25.1 Å². The highest BCUT2D eigenvalue weighted by molar-refractivity contribution is 5.94. The summed E-state index contributed by atoms with van der Waals surface area (Å²) in [6, 6.07) is 5.61. The Morgan fingerprint density at radius 1 is 1.30 bits per heavy atom. The first-order valence-corrected chi connectivity index (χ1v) is 7.19. The summed E-state index contributed by atoms with van der Waals surface area (Å²) in [5, 5.41) is 15.6. The molecule has 0 radical (unpaired) electrons. The Kier molecular flexibility index (Phi) is 6.02. The predicted octanol–water partition coefficient (Wildman–Crippen LogP) is 2.57. The SMILES string of the molecule is CCC(CC)(CO)CNc1ccc(C(=O)NC)cc1C. The molecule has 0 aliphatic carbocycles. The van der Waals surface area contributed by atoms with Crippen LogP contribution in [-0.2, 0) is 0 Å². The van der Waals surface area contributed by atoms with Crippen molar-refractivity contribution in [2.24, 2.45) is 5.41 Å². The molecule has 0 saturated carbocycles. The van der Waals surface area contributed by atoms with E-state index in [1.54, 1.807) is 7.05 Å². The molecule has 0 spiro atoms. The van der Waals surface area contributed by atoms with Gasteiger partial charge in [-0.05, 0) is 43.5 Å². The van der Waals surface area contributed by atoms with E-state index in [0.29, 0.717) is 5.56 Å². The fourth-order valence-electron chi connectivity index (χ4n) is 2.21. The summed E-state index contributed by atoms with van der Waals surface area (Å²) in [7, 11) is 1.63. The van der Waals surface area contributed by atoms with Crippen LogP contribution in [0.2, 0.25) is 0 Å². The minimum absolute atomic E-state index is 0.0773. The van der Waals surface area contributed by atoms with E-state index in [9.17, 15) is 9.90 Å². The Balaban J connectivity index is 2.81. The van der Waals surface area contributed by atoms with Crippen LogP contribution in [0.1, 0.15) is 42.6 Å². The summed E-state index contributed by atoms with van der Waals surface area (Å²) >= 11 is 0. The smallest absolute Gasteiger partial charge is 0.251 e. The third kappa shape index (κ3) is 3.73. The van der Waals surface area contributed by atoms with Gasteiger partial charge in [-0.1, -0.05) is 13.8 Å². The predicted molar refractivity (Wildman–Crippen MR) is 83.2 cm³/mol. The Morgan fingerprint density at radius 3 is 2.40 bits per heavy atom. The zero-order chi connectivity index (χ0) is 15.2. The van der Waals surface area contributed by atoms with Gasteiger partial charge in [0.05, 0.1) is 6.61 Å². The molecule has 0 bridgehead atoms. The van der Waals surface area contributed by atoms with Crippen LogP contribution >= 0.6 is 0 Å². The molecule has 0 saturated heterocycles. The van der Waals surface area contributed by atoms with Crippen LogP contribution in [0.15, 0.2) is 18.2 Å². The zero-order valence-corrected chi connectivity index (χ0v) is 12.9. The lowest BCUT2D eigenvalue weighted by atomic mass is 9.83. The van der Waals surface area contributed by atoms with Gasteiger partial charge in [-0.2, -0.15) is 0 Å². The van der Waals surface area contributed by atoms with Crippen LogP contribution in [0.25, 0.3) is 0 Å². The van der Waals surface area contributed by atoms with Gasteiger partial charge >= 0.3 is 0 Å². The van der Waals surface area contributed by atoms with E-state index in [2.05, 4.69) is 24.5 Å². The Labute approximate surface area is 121 Å². The van der Waals surface area contributed by atoms with Crippen molar-refractivity contribution in [2.45, 2.75) is 33.6 Å². The van der Waals surface area contributed by atoms with E-state index < -0.39 is 0 Å². The van der Waals surface area contributed by atoms with E-state index in [4.69, 9.17) is 0 Å². The van der Waals surface area contributed by atoms with Crippen LogP contribution in [0.5, 0.6) is 0 Å². The monoisotopic (exact) mass is 278 g/mol. The summed E-state index contributed by atoms with van der Waals surface area (Å²) in [6.07, 6.45) is 1.87. The maximum atomic E-state index is 11.6. The van der Waals surface area contributed by atoms with E-state index in [0.717, 1.165) is 30.6 Å². The number of aryl methyl sites for hydroxylation is 1. The lowest BCUT2D eigenvalue weighted by Crippen LogP contribution is -2.32. The molecular formula is C16H26N2O2. The van der Waals surface area contributed by atoms with E-state index >= 15 is 0 Å². The molecule has 4 nitrogen and oxygen atoms in total. The molecule has 20 heavy (non-hydrogen) atoms. The van der Waals surface area contributed by atoms with Crippen molar-refractivity contribution in [1.29, 1.82) is 0 Å². The Morgan fingerprint density at radius 2 is 1.95 bits per heavy atom. The largest absolute Gasteiger partial charge is 0.396 e. The molecule has 0 aliphatic rings. The number of rotatable bonds is 7. The van der Waals surface area contributed by atoms with Gasteiger partial charge in [0.2, 0.25) is 0 Å². The molecule has 0 atom stereocenters. The van der Waals surface area contributed by atoms with Gasteiger partial charge in [-0.15, -0.1) is 0 Å². The quantitative estimate of drug-likeness (QED) is 0.718. The third-order valence-electron chi connectivity index (χ3n) is 4.20. The summed E-state index contributed by atoms with van der Waals surface area (Å²) < 4.78 is 0. The van der Waals surface area contributed by atoms with Gasteiger partial charge in [-0.25, -0.2) is 0 Å². The van der Waals surface area contributed by atoms with Crippen LogP contribution in [-0.4, -0.2) is 31.2 Å². The van der Waals surface area contributed by atoms with Crippen molar-refractivity contribution >= 4 is 11.6 Å². The second-order valence-corrected chi connectivity index (χ2v) is 5.33. The fraction of sp³-hybridized carbons (Fsp3) is 0.562. The van der Waals surface area contributed by atoms with Crippen LogP contribution in [0.4, 0.5) is 5.69 Å². The number of carbonyl (C=O) groups excluding carboxylic acids is 1. The standard InChI is InChI=1S/C16H26N2O2/c1-5-16(6-2,11-19)10-18-14-8-7-13(9-12(14)3)15(20)17-4/h7-9,18-19H,5-6,10-11H2,1-4H3,(H,17,20). The summed E-state index contributed by atoms with van der Waals surface area (Å²) in [5.74, 6) is -0.0773. The van der Waals surface area contributed by atoms with E-state index in [-0.39, 0.29) is 17.9 Å². The van der Waals surface area contributed by atoms with Gasteiger partial charge < -0.3 is 15.7 Å². The number of aliphatic hydroxyl groups excluding tert-OH is 1. The van der Waals surface area contributed by atoms with Crippen molar-refractivity contribution in [2.75, 3.05) is 25.5 Å². The topological polar surface area (TPSA) is 61.4 Å². The highest BCUT2D eigenvalue weighted by Crippen LogP contribution is 2.27. The number of benzene rings is 1. The molecule has 4 heteroatoms. The Bertz CT molecular complexity index is 446. The average molecular weight is 278 g/mol. The third-order valence-corrected chi connectivity index (χ3v) is 4.20. The molecule has 1 aromatic rings. The summed E-state index contributed by atoms with van der Waals surface area (Å²) in [5.41, 5.74) is 2.63.